The smallest absolute Gasteiger partial charge is 0.0575 e. The summed E-state index contributed by atoms with van der Waals surface area (Å²) in [5.41, 5.74) is 0. The maximum Gasteiger partial charge on any atom is 0.0575 e. The van der Waals surface area contributed by atoms with E-state index in [1.165, 1.54) is 122 Å². The molecule has 1 nitrogen and oxygen atoms in total. The predicted molar refractivity (Wildman–Crippen MR) is 129 cm³/mol. The second kappa shape index (κ2) is 25.3. The van der Waals surface area contributed by atoms with Gasteiger partial charge in [-0.15, -0.1) is 11.6 Å². The molecule has 0 aliphatic carbocycles. The maximum atomic E-state index is 6.21. The fraction of sp³-hybridized carbons (Fsp3) is 1.00. The molecule has 0 saturated heterocycles. The van der Waals surface area contributed by atoms with E-state index in [9.17, 15) is 0 Å². The summed E-state index contributed by atoms with van der Waals surface area (Å²) >= 11 is 5.90. The van der Waals surface area contributed by atoms with Gasteiger partial charge in [-0.25, -0.2) is 0 Å². The van der Waals surface area contributed by atoms with Crippen LogP contribution in [0.4, 0.5) is 0 Å². The highest BCUT2D eigenvalue weighted by Crippen LogP contribution is 2.16. The molecule has 0 aromatic rings. The SMILES string of the molecule is CCCCCCCCCCCCCOC(CCCCl)CCCCCCCCC. The van der Waals surface area contributed by atoms with Crippen molar-refractivity contribution in [3.63, 3.8) is 0 Å². The van der Waals surface area contributed by atoms with Gasteiger partial charge < -0.3 is 4.74 Å². The third kappa shape index (κ3) is 22.5. The van der Waals surface area contributed by atoms with Gasteiger partial charge in [0.1, 0.15) is 0 Å². The molecule has 0 aliphatic rings. The van der Waals surface area contributed by atoms with E-state index in [0.717, 1.165) is 25.3 Å². The Morgan fingerprint density at radius 1 is 0.500 bits per heavy atom. The lowest BCUT2D eigenvalue weighted by molar-refractivity contribution is 0.0371. The van der Waals surface area contributed by atoms with Gasteiger partial charge in [0.05, 0.1) is 6.10 Å². The van der Waals surface area contributed by atoms with Crippen LogP contribution in [-0.4, -0.2) is 18.6 Å². The second-order valence-corrected chi connectivity index (χ2v) is 9.15. The lowest BCUT2D eigenvalue weighted by atomic mass is 10.0. The van der Waals surface area contributed by atoms with Gasteiger partial charge in [0.25, 0.3) is 0 Å². The molecule has 0 N–H and O–H groups in total. The van der Waals surface area contributed by atoms with Crippen molar-refractivity contribution in [2.24, 2.45) is 0 Å². The summed E-state index contributed by atoms with van der Waals surface area (Å²) in [7, 11) is 0. The average molecular weight is 417 g/mol. The van der Waals surface area contributed by atoms with E-state index in [2.05, 4.69) is 13.8 Å². The third-order valence-corrected chi connectivity index (χ3v) is 6.16. The Balaban J connectivity index is 3.49. The second-order valence-electron chi connectivity index (χ2n) is 8.77. The number of hydrogen-bond acceptors (Lipinski definition) is 1. The number of ether oxygens (including phenoxy) is 1. The molecule has 0 bridgehead atoms. The van der Waals surface area contributed by atoms with Gasteiger partial charge in [0.2, 0.25) is 0 Å². The third-order valence-electron chi connectivity index (χ3n) is 5.89. The van der Waals surface area contributed by atoms with Crippen molar-refractivity contribution in [2.75, 3.05) is 12.5 Å². The van der Waals surface area contributed by atoms with Crippen molar-refractivity contribution in [3.05, 3.63) is 0 Å². The van der Waals surface area contributed by atoms with E-state index in [4.69, 9.17) is 16.3 Å². The molecule has 0 aliphatic heterocycles. The quantitative estimate of drug-likeness (QED) is 0.112. The van der Waals surface area contributed by atoms with Crippen LogP contribution in [0.2, 0.25) is 0 Å². The maximum absolute atomic E-state index is 6.21. The summed E-state index contributed by atoms with van der Waals surface area (Å²) in [4.78, 5) is 0. The van der Waals surface area contributed by atoms with E-state index < -0.39 is 0 Å². The summed E-state index contributed by atoms with van der Waals surface area (Å²) in [5.74, 6) is 0.773. The van der Waals surface area contributed by atoms with E-state index in [-0.39, 0.29) is 0 Å². The van der Waals surface area contributed by atoms with Crippen LogP contribution in [0.25, 0.3) is 0 Å². The van der Waals surface area contributed by atoms with Crippen LogP contribution < -0.4 is 0 Å². The van der Waals surface area contributed by atoms with Crippen molar-refractivity contribution in [2.45, 2.75) is 155 Å². The minimum Gasteiger partial charge on any atom is -0.378 e. The summed E-state index contributed by atoms with van der Waals surface area (Å²) in [6.45, 7) is 5.54. The topological polar surface area (TPSA) is 9.23 Å². The molecule has 0 fully saturated rings. The molecule has 0 aromatic heterocycles. The van der Waals surface area contributed by atoms with E-state index in [1.807, 2.05) is 0 Å². The Kier molecular flexibility index (Phi) is 25.5. The minimum atomic E-state index is 0.456. The van der Waals surface area contributed by atoms with Gasteiger partial charge in [-0.2, -0.15) is 0 Å². The zero-order valence-electron chi connectivity index (χ0n) is 19.6. The first-order valence-electron chi connectivity index (χ1n) is 13.0. The van der Waals surface area contributed by atoms with Crippen molar-refractivity contribution in [1.82, 2.24) is 0 Å². The van der Waals surface area contributed by atoms with Crippen LogP contribution in [0.1, 0.15) is 149 Å². The Bertz CT molecular complexity index is 269. The summed E-state index contributed by atoms with van der Waals surface area (Å²) in [5, 5.41) is 0. The molecule has 2 heteroatoms. The zero-order chi connectivity index (χ0) is 20.5. The Morgan fingerprint density at radius 2 is 0.893 bits per heavy atom. The molecule has 170 valence electrons. The summed E-state index contributed by atoms with van der Waals surface area (Å²) < 4.78 is 6.21. The largest absolute Gasteiger partial charge is 0.378 e. The van der Waals surface area contributed by atoms with Crippen molar-refractivity contribution in [3.8, 4) is 0 Å². The molecule has 1 unspecified atom stereocenters. The number of hydrogen-bond donors (Lipinski definition) is 0. The fourth-order valence-electron chi connectivity index (χ4n) is 3.96. The monoisotopic (exact) mass is 416 g/mol. The van der Waals surface area contributed by atoms with E-state index >= 15 is 0 Å². The number of unbranched alkanes of at least 4 members (excludes halogenated alkanes) is 16. The molecule has 0 rings (SSSR count). The lowest BCUT2D eigenvalue weighted by Crippen LogP contribution is -2.14. The molecular weight excluding hydrogens is 364 g/mol. The van der Waals surface area contributed by atoms with Crippen LogP contribution in [0.5, 0.6) is 0 Å². The Hall–Kier alpha value is 0.250. The van der Waals surface area contributed by atoms with Crippen LogP contribution in [0.3, 0.4) is 0 Å². The first-order valence-corrected chi connectivity index (χ1v) is 13.6. The number of halogens is 1. The Morgan fingerprint density at radius 3 is 1.36 bits per heavy atom. The minimum absolute atomic E-state index is 0.456. The van der Waals surface area contributed by atoms with Gasteiger partial charge >= 0.3 is 0 Å². The van der Waals surface area contributed by atoms with E-state index in [1.54, 1.807) is 0 Å². The van der Waals surface area contributed by atoms with Crippen LogP contribution in [0.15, 0.2) is 0 Å². The molecule has 0 spiro atoms. The first kappa shape index (κ1) is 28.2. The molecule has 1 atom stereocenters. The van der Waals surface area contributed by atoms with Crippen molar-refractivity contribution in [1.29, 1.82) is 0 Å². The molecule has 0 radical (unpaired) electrons. The van der Waals surface area contributed by atoms with Crippen LogP contribution >= 0.6 is 11.6 Å². The molecule has 28 heavy (non-hydrogen) atoms. The number of rotatable bonds is 24. The van der Waals surface area contributed by atoms with E-state index in [0.29, 0.717) is 6.10 Å². The zero-order valence-corrected chi connectivity index (χ0v) is 20.4. The normalized spacial score (nSPS) is 12.5. The summed E-state index contributed by atoms with van der Waals surface area (Å²) in [6, 6.07) is 0. The lowest BCUT2D eigenvalue weighted by Gasteiger charge is -2.17. The first-order chi connectivity index (χ1) is 13.8. The van der Waals surface area contributed by atoms with Gasteiger partial charge in [0, 0.05) is 12.5 Å². The molecular formula is C26H53ClO. The van der Waals surface area contributed by atoms with Gasteiger partial charge in [-0.05, 0) is 25.7 Å². The van der Waals surface area contributed by atoms with Crippen molar-refractivity contribution < 1.29 is 4.74 Å². The highest BCUT2D eigenvalue weighted by Gasteiger charge is 2.08. The molecule has 0 heterocycles. The van der Waals surface area contributed by atoms with Gasteiger partial charge in [-0.1, -0.05) is 123 Å². The van der Waals surface area contributed by atoms with Crippen molar-refractivity contribution >= 4 is 11.6 Å². The fourth-order valence-corrected chi connectivity index (χ4v) is 4.12. The highest BCUT2D eigenvalue weighted by atomic mass is 35.5. The summed E-state index contributed by atoms with van der Waals surface area (Å²) in [6.07, 6.45) is 29.0. The Labute approximate surface area is 183 Å². The van der Waals surface area contributed by atoms with Crippen LogP contribution in [-0.2, 0) is 4.74 Å². The molecule has 0 aromatic carbocycles. The predicted octanol–water partition coefficient (Wildman–Crippen LogP) is 9.84. The van der Waals surface area contributed by atoms with Gasteiger partial charge in [-0.3, -0.25) is 0 Å². The van der Waals surface area contributed by atoms with Gasteiger partial charge in [0.15, 0.2) is 0 Å². The highest BCUT2D eigenvalue weighted by molar-refractivity contribution is 6.17. The molecule has 0 amide bonds. The molecule has 0 saturated carbocycles. The van der Waals surface area contributed by atoms with Crippen LogP contribution in [0, 0.1) is 0 Å². The standard InChI is InChI=1S/C26H53ClO/c1-3-5-7-9-11-12-13-14-16-18-20-25-28-26(23-21-24-27)22-19-17-15-10-8-6-4-2/h26H,3-25H2,1-2H3. The number of alkyl halides is 1. The average Bonchev–Trinajstić information content (AvgIpc) is 2.71.